The third-order valence-electron chi connectivity index (χ3n) is 6.95. The van der Waals surface area contributed by atoms with Crippen LogP contribution in [-0.2, 0) is 16.9 Å². The minimum absolute atomic E-state index is 0.0515. The first-order valence-electron chi connectivity index (χ1n) is 11.9. The largest absolute Gasteiger partial charge is 0.490 e. The smallest absolute Gasteiger partial charge is 0.256 e. The Labute approximate surface area is 217 Å². The lowest BCUT2D eigenvalue weighted by Gasteiger charge is -2.25. The quantitative estimate of drug-likeness (QED) is 0.331. The molecular weight excluding hydrogens is 501 g/mol. The number of hydrogen-bond donors (Lipinski definition) is 2. The molecule has 0 bridgehead atoms. The van der Waals surface area contributed by atoms with Gasteiger partial charge in [-0.3, -0.25) is 20.2 Å². The number of nitro groups is 1. The number of ether oxygens (including phenoxy) is 2. The van der Waals surface area contributed by atoms with Crippen molar-refractivity contribution in [2.75, 3.05) is 11.9 Å². The monoisotopic (exact) mass is 525 g/mol. The Kier molecular flexibility index (Phi) is 6.51. The van der Waals surface area contributed by atoms with Crippen LogP contribution in [0.15, 0.2) is 60.7 Å². The Bertz CT molecular complexity index is 1390. The molecule has 1 saturated heterocycles. The molecule has 192 valence electrons. The van der Waals surface area contributed by atoms with Gasteiger partial charge < -0.3 is 14.8 Å². The molecule has 3 aromatic carbocycles. The summed E-state index contributed by atoms with van der Waals surface area (Å²) in [5.74, 6) is -0.983. The first-order chi connectivity index (χ1) is 17.8. The summed E-state index contributed by atoms with van der Waals surface area (Å²) >= 11 is 6.63. The number of rotatable bonds is 7. The van der Waals surface area contributed by atoms with E-state index in [9.17, 15) is 19.3 Å². The van der Waals surface area contributed by atoms with Crippen molar-refractivity contribution in [1.82, 2.24) is 5.32 Å². The Morgan fingerprint density at radius 3 is 2.65 bits per heavy atom. The minimum Gasteiger partial charge on any atom is -0.490 e. The molecule has 0 radical (unpaired) electrons. The highest BCUT2D eigenvalue weighted by atomic mass is 35.5. The summed E-state index contributed by atoms with van der Waals surface area (Å²) in [6, 6.07) is 14.5. The number of halogens is 2. The van der Waals surface area contributed by atoms with E-state index in [4.69, 9.17) is 21.1 Å². The average molecular weight is 526 g/mol. The van der Waals surface area contributed by atoms with E-state index >= 15 is 0 Å². The molecule has 0 unspecified atom stereocenters. The molecule has 2 aliphatic rings. The number of benzene rings is 3. The third-order valence-corrected chi connectivity index (χ3v) is 7.23. The molecule has 2 aliphatic heterocycles. The van der Waals surface area contributed by atoms with E-state index in [0.717, 1.165) is 0 Å². The minimum atomic E-state index is -1.53. The molecular formula is C27H25ClFN3O5. The SMILES string of the molecule is CCOc1cc([C@@H]2[C@H](C)N[C@@]3(C(=O)Nc4ccccc43)[C@H]2[N+](=O)[O-])cc(Cl)c1OCc1cccc(F)c1. The van der Waals surface area contributed by atoms with Crippen molar-refractivity contribution in [3.8, 4) is 11.5 Å². The van der Waals surface area contributed by atoms with Crippen LogP contribution in [0.1, 0.15) is 36.5 Å². The first-order valence-corrected chi connectivity index (χ1v) is 12.3. The molecule has 1 amide bonds. The zero-order valence-corrected chi connectivity index (χ0v) is 20.9. The van der Waals surface area contributed by atoms with Gasteiger partial charge in [-0.25, -0.2) is 4.39 Å². The Morgan fingerprint density at radius 1 is 1.14 bits per heavy atom. The predicted molar refractivity (Wildman–Crippen MR) is 136 cm³/mol. The first kappa shape index (κ1) is 25.0. The van der Waals surface area contributed by atoms with Gasteiger partial charge in [-0.2, -0.15) is 0 Å². The van der Waals surface area contributed by atoms with Gasteiger partial charge in [0.2, 0.25) is 0 Å². The maximum absolute atomic E-state index is 13.6. The highest BCUT2D eigenvalue weighted by Crippen LogP contribution is 2.51. The molecule has 1 spiro atoms. The Hall–Kier alpha value is -3.69. The molecule has 10 heteroatoms. The van der Waals surface area contributed by atoms with E-state index in [1.807, 2.05) is 6.92 Å². The zero-order valence-electron chi connectivity index (χ0n) is 20.2. The number of fused-ring (bicyclic) bond motifs is 2. The lowest BCUT2D eigenvalue weighted by atomic mass is 9.78. The summed E-state index contributed by atoms with van der Waals surface area (Å²) < 4.78 is 25.3. The predicted octanol–water partition coefficient (Wildman–Crippen LogP) is 5.03. The number of carbonyl (C=O) groups excluding carboxylic acids is 1. The standard InChI is InChI=1S/C27H25ClFN3O5/c1-3-36-22-13-17(12-20(28)24(22)37-14-16-7-6-8-18(29)11-16)23-15(2)31-27(25(23)32(34)35)19-9-4-5-10-21(19)30-26(27)33/h4-13,15,23,25,31H,3,14H2,1-2H3,(H,30,33)/t15-,23-,25-,27+/m0/s1. The molecule has 37 heavy (non-hydrogen) atoms. The molecule has 0 saturated carbocycles. The Morgan fingerprint density at radius 2 is 1.92 bits per heavy atom. The van der Waals surface area contributed by atoms with Gasteiger partial charge in [0.15, 0.2) is 17.0 Å². The maximum atomic E-state index is 13.6. The van der Waals surface area contributed by atoms with Crippen LogP contribution in [0.3, 0.4) is 0 Å². The van der Waals surface area contributed by atoms with Gasteiger partial charge in [0.1, 0.15) is 12.4 Å². The van der Waals surface area contributed by atoms with Crippen LogP contribution in [0, 0.1) is 15.9 Å². The van der Waals surface area contributed by atoms with Crippen LogP contribution >= 0.6 is 11.6 Å². The fourth-order valence-electron chi connectivity index (χ4n) is 5.52. The molecule has 8 nitrogen and oxygen atoms in total. The molecule has 4 atom stereocenters. The van der Waals surface area contributed by atoms with E-state index < -0.39 is 34.4 Å². The summed E-state index contributed by atoms with van der Waals surface area (Å²) in [6.07, 6.45) is 0. The van der Waals surface area contributed by atoms with E-state index in [1.165, 1.54) is 12.1 Å². The van der Waals surface area contributed by atoms with Crippen molar-refractivity contribution < 1.29 is 23.6 Å². The van der Waals surface area contributed by atoms with Crippen molar-refractivity contribution in [2.24, 2.45) is 0 Å². The average Bonchev–Trinajstić information content (AvgIpc) is 3.32. The number of para-hydroxylation sites is 1. The number of anilines is 1. The lowest BCUT2D eigenvalue weighted by molar-refractivity contribution is -0.532. The van der Waals surface area contributed by atoms with Gasteiger partial charge in [-0.05, 0) is 55.3 Å². The van der Waals surface area contributed by atoms with Crippen molar-refractivity contribution in [3.63, 3.8) is 0 Å². The lowest BCUT2D eigenvalue weighted by Crippen LogP contribution is -2.54. The van der Waals surface area contributed by atoms with Crippen molar-refractivity contribution in [3.05, 3.63) is 98.3 Å². The summed E-state index contributed by atoms with van der Waals surface area (Å²) in [4.78, 5) is 25.4. The van der Waals surface area contributed by atoms with Crippen LogP contribution in [-0.4, -0.2) is 29.5 Å². The van der Waals surface area contributed by atoms with Gasteiger partial charge in [0.25, 0.3) is 11.9 Å². The van der Waals surface area contributed by atoms with Crippen LogP contribution in [0.2, 0.25) is 5.02 Å². The van der Waals surface area contributed by atoms with Crippen LogP contribution < -0.4 is 20.1 Å². The fourth-order valence-corrected chi connectivity index (χ4v) is 5.79. The molecule has 0 aliphatic carbocycles. The second kappa shape index (κ2) is 9.64. The molecule has 2 heterocycles. The zero-order chi connectivity index (χ0) is 26.3. The van der Waals surface area contributed by atoms with Gasteiger partial charge >= 0.3 is 0 Å². The topological polar surface area (TPSA) is 103 Å². The van der Waals surface area contributed by atoms with Crippen molar-refractivity contribution in [2.45, 2.75) is 44.0 Å². The van der Waals surface area contributed by atoms with Gasteiger partial charge in [0.05, 0.1) is 17.5 Å². The molecule has 1 fully saturated rings. The molecule has 3 aromatic rings. The van der Waals surface area contributed by atoms with Crippen LogP contribution in [0.4, 0.5) is 10.1 Å². The second-order valence-electron chi connectivity index (χ2n) is 9.18. The van der Waals surface area contributed by atoms with Crippen LogP contribution in [0.5, 0.6) is 11.5 Å². The van der Waals surface area contributed by atoms with E-state index in [0.29, 0.717) is 34.7 Å². The highest BCUT2D eigenvalue weighted by Gasteiger charge is 2.67. The fraction of sp³-hybridized carbons (Fsp3) is 0.296. The summed E-state index contributed by atoms with van der Waals surface area (Å²) in [7, 11) is 0. The van der Waals surface area contributed by atoms with Crippen molar-refractivity contribution in [1.29, 1.82) is 0 Å². The van der Waals surface area contributed by atoms with Gasteiger partial charge in [-0.15, -0.1) is 0 Å². The molecule has 0 aromatic heterocycles. The number of nitrogens with zero attached hydrogens (tertiary/aromatic N) is 1. The van der Waals surface area contributed by atoms with Crippen LogP contribution in [0.25, 0.3) is 0 Å². The van der Waals surface area contributed by atoms with E-state index in [1.54, 1.807) is 55.5 Å². The molecule has 5 rings (SSSR count). The number of amides is 1. The van der Waals surface area contributed by atoms with E-state index in [2.05, 4.69) is 10.6 Å². The maximum Gasteiger partial charge on any atom is 0.256 e. The van der Waals surface area contributed by atoms with Gasteiger partial charge in [0, 0.05) is 22.2 Å². The van der Waals surface area contributed by atoms with Gasteiger partial charge in [-0.1, -0.05) is 41.9 Å². The summed E-state index contributed by atoms with van der Waals surface area (Å²) in [6.45, 7) is 3.96. The second-order valence-corrected chi connectivity index (χ2v) is 9.59. The normalized spacial score (nSPS) is 24.1. The molecule has 2 N–H and O–H groups in total. The third kappa shape index (κ3) is 4.18. The Balaban J connectivity index is 1.55. The van der Waals surface area contributed by atoms with E-state index in [-0.39, 0.29) is 23.2 Å². The number of carbonyl (C=O) groups is 1. The van der Waals surface area contributed by atoms with Crippen molar-refractivity contribution >= 4 is 23.2 Å². The number of hydrogen-bond acceptors (Lipinski definition) is 6. The summed E-state index contributed by atoms with van der Waals surface area (Å²) in [5, 5.41) is 18.8. The summed E-state index contributed by atoms with van der Waals surface area (Å²) in [5.41, 5.74) is 0.713. The highest BCUT2D eigenvalue weighted by molar-refractivity contribution is 6.32. The number of nitrogens with one attached hydrogen (secondary N) is 2.